The molecule has 23 heavy (non-hydrogen) atoms. The molecule has 1 aromatic rings. The Morgan fingerprint density at radius 3 is 2.22 bits per heavy atom. The smallest absolute Gasteiger partial charge is 0.332 e. The SMILES string of the molecule is CCOC(=O)[C@@H](NC(=O)CC)[C@@H](OC(=O)CC)c1ccccc1. The Labute approximate surface area is 136 Å². The molecular weight excluding hydrogens is 298 g/mol. The van der Waals surface area contributed by atoms with Crippen molar-refractivity contribution in [1.29, 1.82) is 0 Å². The maximum absolute atomic E-state index is 12.3. The van der Waals surface area contributed by atoms with Gasteiger partial charge in [-0.2, -0.15) is 0 Å². The number of rotatable bonds is 8. The lowest BCUT2D eigenvalue weighted by molar-refractivity contribution is -0.160. The number of carbonyl (C=O) groups excluding carboxylic acids is 3. The van der Waals surface area contributed by atoms with Crippen molar-refractivity contribution in [2.24, 2.45) is 0 Å². The lowest BCUT2D eigenvalue weighted by atomic mass is 10.0. The average molecular weight is 321 g/mol. The van der Waals surface area contributed by atoms with E-state index in [1.807, 2.05) is 6.07 Å². The van der Waals surface area contributed by atoms with Crippen molar-refractivity contribution >= 4 is 17.8 Å². The van der Waals surface area contributed by atoms with Crippen LogP contribution in [-0.2, 0) is 23.9 Å². The van der Waals surface area contributed by atoms with E-state index in [4.69, 9.17) is 9.47 Å². The fraction of sp³-hybridized carbons (Fsp3) is 0.471. The highest BCUT2D eigenvalue weighted by Crippen LogP contribution is 2.23. The number of hydrogen-bond donors (Lipinski definition) is 1. The highest BCUT2D eigenvalue weighted by molar-refractivity contribution is 5.85. The summed E-state index contributed by atoms with van der Waals surface area (Å²) in [5.74, 6) is -1.41. The Morgan fingerprint density at radius 2 is 1.70 bits per heavy atom. The summed E-state index contributed by atoms with van der Waals surface area (Å²) in [6, 6.07) is 7.74. The van der Waals surface area contributed by atoms with E-state index in [1.165, 1.54) is 0 Å². The van der Waals surface area contributed by atoms with Gasteiger partial charge >= 0.3 is 11.9 Å². The standard InChI is InChI=1S/C17H23NO5/c1-4-13(19)18-15(17(21)22-6-3)16(23-14(20)5-2)12-10-8-7-9-11-12/h7-11,15-16H,4-6H2,1-3H3,(H,18,19)/t15-,16-/m0/s1. The minimum absolute atomic E-state index is 0.167. The van der Waals surface area contributed by atoms with Gasteiger partial charge in [-0.1, -0.05) is 44.2 Å². The first-order valence-corrected chi connectivity index (χ1v) is 7.73. The lowest BCUT2D eigenvalue weighted by Gasteiger charge is -2.26. The molecule has 6 heteroatoms. The van der Waals surface area contributed by atoms with Gasteiger partial charge in [0.25, 0.3) is 0 Å². The van der Waals surface area contributed by atoms with Crippen LogP contribution in [0.25, 0.3) is 0 Å². The highest BCUT2D eigenvalue weighted by atomic mass is 16.6. The molecule has 2 atom stereocenters. The zero-order valence-corrected chi connectivity index (χ0v) is 13.7. The number of nitrogens with one attached hydrogen (secondary N) is 1. The monoisotopic (exact) mass is 321 g/mol. The number of hydrogen-bond acceptors (Lipinski definition) is 5. The number of benzene rings is 1. The first kappa shape index (κ1) is 18.7. The van der Waals surface area contributed by atoms with Crippen molar-refractivity contribution in [2.45, 2.75) is 45.8 Å². The molecule has 0 unspecified atom stereocenters. The van der Waals surface area contributed by atoms with Gasteiger partial charge < -0.3 is 14.8 Å². The quantitative estimate of drug-likeness (QED) is 0.742. The van der Waals surface area contributed by atoms with Crippen LogP contribution in [0.1, 0.15) is 45.3 Å². The van der Waals surface area contributed by atoms with Gasteiger partial charge in [-0.3, -0.25) is 9.59 Å². The second-order valence-electron chi connectivity index (χ2n) is 4.83. The van der Waals surface area contributed by atoms with Crippen LogP contribution in [0.15, 0.2) is 30.3 Å². The number of carbonyl (C=O) groups is 3. The van der Waals surface area contributed by atoms with Crippen molar-refractivity contribution in [2.75, 3.05) is 6.61 Å². The average Bonchev–Trinajstić information content (AvgIpc) is 2.58. The van der Waals surface area contributed by atoms with Crippen molar-refractivity contribution in [3.8, 4) is 0 Å². The maximum Gasteiger partial charge on any atom is 0.332 e. The Hall–Kier alpha value is -2.37. The Morgan fingerprint density at radius 1 is 1.04 bits per heavy atom. The van der Waals surface area contributed by atoms with Gasteiger partial charge in [-0.05, 0) is 12.5 Å². The predicted molar refractivity (Wildman–Crippen MR) is 84.4 cm³/mol. The molecule has 1 rings (SSSR count). The minimum Gasteiger partial charge on any atom is -0.464 e. The first-order chi connectivity index (χ1) is 11.0. The molecule has 0 aliphatic carbocycles. The van der Waals surface area contributed by atoms with Crippen LogP contribution in [0.3, 0.4) is 0 Å². The molecule has 6 nitrogen and oxygen atoms in total. The van der Waals surface area contributed by atoms with Gasteiger partial charge in [0.05, 0.1) is 6.61 Å². The van der Waals surface area contributed by atoms with Crippen LogP contribution >= 0.6 is 0 Å². The fourth-order valence-corrected chi connectivity index (χ4v) is 1.96. The minimum atomic E-state index is -1.08. The number of ether oxygens (including phenoxy) is 2. The molecular formula is C17H23NO5. The van der Waals surface area contributed by atoms with Gasteiger partial charge in [-0.15, -0.1) is 0 Å². The van der Waals surface area contributed by atoms with Gasteiger partial charge in [0.1, 0.15) is 0 Å². The largest absolute Gasteiger partial charge is 0.464 e. The van der Waals surface area contributed by atoms with Gasteiger partial charge in [0.15, 0.2) is 12.1 Å². The van der Waals surface area contributed by atoms with Crippen LogP contribution in [0.2, 0.25) is 0 Å². The Balaban J connectivity index is 3.16. The molecule has 0 spiro atoms. The molecule has 0 saturated heterocycles. The van der Waals surface area contributed by atoms with Crippen LogP contribution in [0.4, 0.5) is 0 Å². The molecule has 0 fully saturated rings. The van der Waals surface area contributed by atoms with Crippen molar-refractivity contribution in [3.63, 3.8) is 0 Å². The van der Waals surface area contributed by atoms with Crippen molar-refractivity contribution < 1.29 is 23.9 Å². The number of esters is 2. The molecule has 0 aliphatic rings. The zero-order valence-electron chi connectivity index (χ0n) is 13.7. The summed E-state index contributed by atoms with van der Waals surface area (Å²) in [6.45, 7) is 5.17. The maximum atomic E-state index is 12.3. The molecule has 1 amide bonds. The second-order valence-corrected chi connectivity index (χ2v) is 4.83. The first-order valence-electron chi connectivity index (χ1n) is 7.73. The van der Waals surface area contributed by atoms with Crippen LogP contribution in [-0.4, -0.2) is 30.5 Å². The Kier molecular flexibility index (Phi) is 7.80. The van der Waals surface area contributed by atoms with Gasteiger partial charge in [0.2, 0.25) is 5.91 Å². The van der Waals surface area contributed by atoms with E-state index in [0.29, 0.717) is 5.56 Å². The van der Waals surface area contributed by atoms with E-state index < -0.39 is 24.1 Å². The van der Waals surface area contributed by atoms with E-state index >= 15 is 0 Å². The highest BCUT2D eigenvalue weighted by Gasteiger charge is 2.34. The summed E-state index contributed by atoms with van der Waals surface area (Å²) >= 11 is 0. The van der Waals surface area contributed by atoms with Crippen LogP contribution < -0.4 is 5.32 Å². The summed E-state index contributed by atoms with van der Waals surface area (Å²) in [6.07, 6.45) is -0.557. The molecule has 0 heterocycles. The molecule has 0 radical (unpaired) electrons. The van der Waals surface area contributed by atoms with Crippen LogP contribution in [0, 0.1) is 0 Å². The van der Waals surface area contributed by atoms with Gasteiger partial charge in [0, 0.05) is 12.8 Å². The Bertz CT molecular complexity index is 529. The molecule has 0 aromatic heterocycles. The summed E-state index contributed by atoms with van der Waals surface area (Å²) in [7, 11) is 0. The lowest BCUT2D eigenvalue weighted by Crippen LogP contribution is -2.47. The number of amides is 1. The normalized spacial score (nSPS) is 12.8. The summed E-state index contributed by atoms with van der Waals surface area (Å²) < 4.78 is 10.4. The van der Waals surface area contributed by atoms with E-state index in [1.54, 1.807) is 45.0 Å². The molecule has 1 N–H and O–H groups in total. The summed E-state index contributed by atoms with van der Waals surface area (Å²) in [5.41, 5.74) is 0.615. The molecule has 126 valence electrons. The third kappa shape index (κ3) is 5.73. The molecule has 0 aliphatic heterocycles. The molecule has 0 saturated carbocycles. The van der Waals surface area contributed by atoms with E-state index in [2.05, 4.69) is 5.32 Å². The summed E-state index contributed by atoms with van der Waals surface area (Å²) in [5, 5.41) is 2.59. The zero-order chi connectivity index (χ0) is 17.2. The fourth-order valence-electron chi connectivity index (χ4n) is 1.96. The third-order valence-corrected chi connectivity index (χ3v) is 3.16. The van der Waals surface area contributed by atoms with Crippen molar-refractivity contribution in [1.82, 2.24) is 5.32 Å². The second kappa shape index (κ2) is 9.61. The summed E-state index contributed by atoms with van der Waals surface area (Å²) in [4.78, 5) is 35.8. The van der Waals surface area contributed by atoms with E-state index in [0.717, 1.165) is 0 Å². The molecule has 0 bridgehead atoms. The predicted octanol–water partition coefficient (Wildman–Crippen LogP) is 2.14. The van der Waals surface area contributed by atoms with Gasteiger partial charge in [-0.25, -0.2) is 4.79 Å². The van der Waals surface area contributed by atoms with Crippen molar-refractivity contribution in [3.05, 3.63) is 35.9 Å². The molecule has 1 aromatic carbocycles. The topological polar surface area (TPSA) is 81.7 Å². The van der Waals surface area contributed by atoms with E-state index in [-0.39, 0.29) is 25.4 Å². The van der Waals surface area contributed by atoms with Crippen LogP contribution in [0.5, 0.6) is 0 Å². The third-order valence-electron chi connectivity index (χ3n) is 3.16. The van der Waals surface area contributed by atoms with E-state index in [9.17, 15) is 14.4 Å².